The number of unbranched alkanes of at least 4 members (excludes halogenated alkanes) is 1. The molecule has 3 N–H and O–H groups in total. The van der Waals surface area contributed by atoms with Crippen molar-refractivity contribution in [3.05, 3.63) is 11.8 Å². The predicted molar refractivity (Wildman–Crippen MR) is 57.8 cm³/mol. The van der Waals surface area contributed by atoms with E-state index in [1.54, 1.807) is 0 Å². The van der Waals surface area contributed by atoms with E-state index < -0.39 is 5.91 Å². The van der Waals surface area contributed by atoms with Crippen molar-refractivity contribution in [1.29, 1.82) is 0 Å². The third kappa shape index (κ3) is 4.90. The Bertz CT molecular complexity index is 199. The van der Waals surface area contributed by atoms with E-state index in [9.17, 15) is 4.79 Å². The second kappa shape index (κ2) is 7.42. The average molecular weight is 199 g/mol. The number of aliphatic hydroxyl groups is 1. The van der Waals surface area contributed by atoms with Gasteiger partial charge in [0, 0.05) is 0 Å². The van der Waals surface area contributed by atoms with Crippen molar-refractivity contribution in [3.63, 3.8) is 0 Å². The van der Waals surface area contributed by atoms with Gasteiger partial charge in [-0.05, 0) is 12.3 Å². The van der Waals surface area contributed by atoms with Crippen molar-refractivity contribution >= 4 is 5.91 Å². The SMILES string of the molecule is CCCCC(CC)CC(=CO)C(N)=O. The van der Waals surface area contributed by atoms with Gasteiger partial charge in [0.15, 0.2) is 0 Å². The van der Waals surface area contributed by atoms with Gasteiger partial charge in [0.25, 0.3) is 0 Å². The van der Waals surface area contributed by atoms with Gasteiger partial charge in [-0.1, -0.05) is 39.5 Å². The van der Waals surface area contributed by atoms with E-state index in [2.05, 4.69) is 13.8 Å². The average Bonchev–Trinajstić information content (AvgIpc) is 2.18. The summed E-state index contributed by atoms with van der Waals surface area (Å²) in [5, 5.41) is 8.80. The van der Waals surface area contributed by atoms with Gasteiger partial charge in [0.1, 0.15) is 0 Å². The second-order valence-electron chi connectivity index (χ2n) is 3.64. The Balaban J connectivity index is 4.08. The molecule has 3 nitrogen and oxygen atoms in total. The summed E-state index contributed by atoms with van der Waals surface area (Å²) in [6, 6.07) is 0. The van der Waals surface area contributed by atoms with E-state index in [-0.39, 0.29) is 0 Å². The van der Waals surface area contributed by atoms with Crippen LogP contribution < -0.4 is 5.73 Å². The molecule has 0 fully saturated rings. The van der Waals surface area contributed by atoms with Crippen molar-refractivity contribution < 1.29 is 9.90 Å². The number of aliphatic hydroxyl groups excluding tert-OH is 1. The molecule has 1 atom stereocenters. The fourth-order valence-electron chi connectivity index (χ4n) is 1.47. The molecule has 3 heteroatoms. The molecule has 0 heterocycles. The first kappa shape index (κ1) is 13.0. The minimum absolute atomic E-state index is 0.341. The number of rotatable bonds is 7. The van der Waals surface area contributed by atoms with E-state index >= 15 is 0 Å². The molecule has 0 aromatic carbocycles. The molecule has 82 valence electrons. The summed E-state index contributed by atoms with van der Waals surface area (Å²) in [5.41, 5.74) is 5.45. The zero-order valence-corrected chi connectivity index (χ0v) is 9.12. The standard InChI is InChI=1S/C11H21NO2/c1-3-5-6-9(4-2)7-10(8-13)11(12)14/h8-9,13H,3-7H2,1-2H3,(H2,12,14). The summed E-state index contributed by atoms with van der Waals surface area (Å²) in [6.45, 7) is 4.24. The molecule has 0 aromatic heterocycles. The molecule has 0 aliphatic rings. The van der Waals surface area contributed by atoms with Crippen molar-refractivity contribution in [2.45, 2.75) is 46.0 Å². The maximum atomic E-state index is 10.8. The molecule has 0 aliphatic heterocycles. The van der Waals surface area contributed by atoms with Crippen LogP contribution in [0.1, 0.15) is 46.0 Å². The van der Waals surface area contributed by atoms with E-state index in [1.807, 2.05) is 0 Å². The third-order valence-electron chi connectivity index (χ3n) is 2.52. The number of carbonyl (C=O) groups excluding carboxylic acids is 1. The highest BCUT2D eigenvalue weighted by atomic mass is 16.2. The molecule has 0 saturated heterocycles. The maximum Gasteiger partial charge on any atom is 0.247 e. The number of hydrogen-bond acceptors (Lipinski definition) is 2. The Kier molecular flexibility index (Phi) is 6.89. The highest BCUT2D eigenvalue weighted by Crippen LogP contribution is 2.20. The Labute approximate surface area is 86.0 Å². The van der Waals surface area contributed by atoms with Crippen LogP contribution in [-0.4, -0.2) is 11.0 Å². The first-order valence-corrected chi connectivity index (χ1v) is 5.28. The van der Waals surface area contributed by atoms with Gasteiger partial charge >= 0.3 is 0 Å². The summed E-state index contributed by atoms with van der Waals surface area (Å²) < 4.78 is 0. The van der Waals surface area contributed by atoms with E-state index in [4.69, 9.17) is 10.8 Å². The zero-order valence-electron chi connectivity index (χ0n) is 9.12. The fourth-order valence-corrected chi connectivity index (χ4v) is 1.47. The van der Waals surface area contributed by atoms with E-state index in [1.165, 1.54) is 0 Å². The van der Waals surface area contributed by atoms with Crippen LogP contribution in [0, 0.1) is 5.92 Å². The maximum absolute atomic E-state index is 10.8. The molecule has 0 bridgehead atoms. The lowest BCUT2D eigenvalue weighted by atomic mass is 9.92. The smallest absolute Gasteiger partial charge is 0.247 e. The van der Waals surface area contributed by atoms with Crippen LogP contribution in [0.4, 0.5) is 0 Å². The van der Waals surface area contributed by atoms with Crippen molar-refractivity contribution in [3.8, 4) is 0 Å². The molecule has 0 spiro atoms. The van der Waals surface area contributed by atoms with Crippen molar-refractivity contribution in [2.24, 2.45) is 11.7 Å². The molecule has 0 rings (SSSR count). The van der Waals surface area contributed by atoms with Crippen molar-refractivity contribution in [1.82, 2.24) is 0 Å². The summed E-state index contributed by atoms with van der Waals surface area (Å²) in [5.74, 6) is -0.0525. The highest BCUT2D eigenvalue weighted by Gasteiger charge is 2.12. The van der Waals surface area contributed by atoms with Crippen LogP contribution in [0.15, 0.2) is 11.8 Å². The first-order valence-electron chi connectivity index (χ1n) is 5.28. The van der Waals surface area contributed by atoms with Crippen LogP contribution in [0.25, 0.3) is 0 Å². The van der Waals surface area contributed by atoms with Gasteiger partial charge in [-0.25, -0.2) is 0 Å². The van der Waals surface area contributed by atoms with E-state index in [0.717, 1.165) is 31.9 Å². The highest BCUT2D eigenvalue weighted by molar-refractivity contribution is 5.91. The first-order chi connectivity index (χ1) is 6.65. The third-order valence-corrected chi connectivity index (χ3v) is 2.52. The monoisotopic (exact) mass is 199 g/mol. The topological polar surface area (TPSA) is 63.3 Å². The molecule has 1 amide bonds. The molecule has 0 radical (unpaired) electrons. The molecular weight excluding hydrogens is 178 g/mol. The number of primary amides is 1. The van der Waals surface area contributed by atoms with Crippen LogP contribution in [-0.2, 0) is 4.79 Å². The molecule has 1 unspecified atom stereocenters. The Morgan fingerprint density at radius 3 is 2.50 bits per heavy atom. The lowest BCUT2D eigenvalue weighted by Gasteiger charge is -2.14. The van der Waals surface area contributed by atoms with Crippen LogP contribution in [0.2, 0.25) is 0 Å². The van der Waals surface area contributed by atoms with Crippen LogP contribution in [0.3, 0.4) is 0 Å². The number of hydrogen-bond donors (Lipinski definition) is 2. The van der Waals surface area contributed by atoms with Gasteiger partial charge in [-0.15, -0.1) is 0 Å². The normalized spacial score (nSPS) is 14.0. The quantitative estimate of drug-likeness (QED) is 0.489. The van der Waals surface area contributed by atoms with Gasteiger partial charge < -0.3 is 10.8 Å². The van der Waals surface area contributed by atoms with E-state index in [0.29, 0.717) is 17.9 Å². The van der Waals surface area contributed by atoms with Crippen LogP contribution in [0.5, 0.6) is 0 Å². The number of amides is 1. The molecule has 0 saturated carbocycles. The Hall–Kier alpha value is -0.990. The van der Waals surface area contributed by atoms with Gasteiger partial charge in [-0.2, -0.15) is 0 Å². The molecule has 0 aliphatic carbocycles. The summed E-state index contributed by atoms with van der Waals surface area (Å²) in [7, 11) is 0. The minimum atomic E-state index is -0.512. The van der Waals surface area contributed by atoms with Crippen LogP contribution >= 0.6 is 0 Å². The Morgan fingerprint density at radius 1 is 1.50 bits per heavy atom. The summed E-state index contributed by atoms with van der Waals surface area (Å²) >= 11 is 0. The lowest BCUT2D eigenvalue weighted by molar-refractivity contribution is -0.114. The largest absolute Gasteiger partial charge is 0.515 e. The fraction of sp³-hybridized carbons (Fsp3) is 0.727. The second-order valence-corrected chi connectivity index (χ2v) is 3.64. The van der Waals surface area contributed by atoms with Gasteiger partial charge in [0.05, 0.1) is 11.8 Å². The summed E-state index contributed by atoms with van der Waals surface area (Å²) in [6.07, 6.45) is 5.88. The van der Waals surface area contributed by atoms with Gasteiger partial charge in [0.2, 0.25) is 5.91 Å². The molecular formula is C11H21NO2. The van der Waals surface area contributed by atoms with Gasteiger partial charge in [-0.3, -0.25) is 4.79 Å². The van der Waals surface area contributed by atoms with Crippen molar-refractivity contribution in [2.75, 3.05) is 0 Å². The zero-order chi connectivity index (χ0) is 11.0. The lowest BCUT2D eigenvalue weighted by Crippen LogP contribution is -2.16. The molecule has 14 heavy (non-hydrogen) atoms. The molecule has 0 aromatic rings. The predicted octanol–water partition coefficient (Wildman–Crippen LogP) is 2.52. The Morgan fingerprint density at radius 2 is 2.14 bits per heavy atom. The summed E-state index contributed by atoms with van der Waals surface area (Å²) in [4.78, 5) is 10.8. The minimum Gasteiger partial charge on any atom is -0.515 e. The number of carbonyl (C=O) groups is 1. The number of nitrogens with two attached hydrogens (primary N) is 1.